The van der Waals surface area contributed by atoms with Crippen molar-refractivity contribution in [1.82, 2.24) is 10.3 Å². The van der Waals surface area contributed by atoms with Gasteiger partial charge in [-0.15, -0.1) is 0 Å². The van der Waals surface area contributed by atoms with Gasteiger partial charge in [0.15, 0.2) is 16.6 Å². The number of aromatic nitrogens is 1. The number of nitrogens with one attached hydrogen (secondary N) is 2. The highest BCUT2D eigenvalue weighted by atomic mass is 35.5. The second kappa shape index (κ2) is 10.4. The van der Waals surface area contributed by atoms with Crippen LogP contribution in [-0.4, -0.2) is 30.2 Å². The highest BCUT2D eigenvalue weighted by Gasteiger charge is 2.12. The van der Waals surface area contributed by atoms with E-state index < -0.39 is 0 Å². The van der Waals surface area contributed by atoms with E-state index in [2.05, 4.69) is 15.6 Å². The lowest BCUT2D eigenvalue weighted by molar-refractivity contribution is 0.0977. The SMILES string of the molecule is COc1cc2nccc(Oc3ccc(NC(=S)NC(=O)c4cccc(Cl)c4)cc3)c2cc1OC. The zero-order valence-corrected chi connectivity index (χ0v) is 19.9. The maximum Gasteiger partial charge on any atom is 0.257 e. The smallest absolute Gasteiger partial charge is 0.257 e. The average Bonchev–Trinajstić information content (AvgIpc) is 2.84. The van der Waals surface area contributed by atoms with E-state index in [9.17, 15) is 4.79 Å². The first-order valence-corrected chi connectivity index (χ1v) is 10.9. The third-order valence-corrected chi connectivity index (χ3v) is 5.30. The number of benzene rings is 3. The van der Waals surface area contributed by atoms with E-state index in [1.165, 1.54) is 0 Å². The van der Waals surface area contributed by atoms with Crippen LogP contribution in [0, 0.1) is 0 Å². The van der Waals surface area contributed by atoms with Crippen molar-refractivity contribution in [2.24, 2.45) is 0 Å². The lowest BCUT2D eigenvalue weighted by Gasteiger charge is -2.13. The van der Waals surface area contributed by atoms with Crippen molar-refractivity contribution < 1.29 is 19.0 Å². The maximum atomic E-state index is 12.3. The molecule has 1 heterocycles. The summed E-state index contributed by atoms with van der Waals surface area (Å²) in [5, 5.41) is 7.03. The Morgan fingerprint density at radius 2 is 1.68 bits per heavy atom. The molecule has 1 amide bonds. The summed E-state index contributed by atoms with van der Waals surface area (Å²) >= 11 is 11.2. The van der Waals surface area contributed by atoms with Crippen LogP contribution in [0.2, 0.25) is 5.02 Å². The largest absolute Gasteiger partial charge is 0.493 e. The minimum Gasteiger partial charge on any atom is -0.493 e. The minimum absolute atomic E-state index is 0.166. The minimum atomic E-state index is -0.350. The van der Waals surface area contributed by atoms with Crippen molar-refractivity contribution in [3.8, 4) is 23.0 Å². The zero-order valence-electron chi connectivity index (χ0n) is 18.3. The van der Waals surface area contributed by atoms with E-state index >= 15 is 0 Å². The van der Waals surface area contributed by atoms with E-state index in [4.69, 9.17) is 38.0 Å². The number of hydrogen-bond donors (Lipinski definition) is 2. The molecule has 0 aliphatic carbocycles. The standard InChI is InChI=1S/C25H20ClN3O4S/c1-31-22-13-19-20(14-23(22)32-2)27-11-10-21(19)33-18-8-6-17(7-9-18)28-25(34)29-24(30)15-4-3-5-16(26)12-15/h3-14H,1-2H3,(H2,28,29,30,34). The summed E-state index contributed by atoms with van der Waals surface area (Å²) in [5.74, 6) is 2.06. The molecule has 2 N–H and O–H groups in total. The topological polar surface area (TPSA) is 81.7 Å². The number of carbonyl (C=O) groups is 1. The number of pyridine rings is 1. The number of amides is 1. The fourth-order valence-electron chi connectivity index (χ4n) is 3.24. The molecule has 0 fully saturated rings. The molecule has 0 aliphatic heterocycles. The van der Waals surface area contributed by atoms with Crippen molar-refractivity contribution in [1.29, 1.82) is 0 Å². The number of hydrogen-bond acceptors (Lipinski definition) is 6. The number of methoxy groups -OCH3 is 2. The third kappa shape index (κ3) is 5.36. The van der Waals surface area contributed by atoms with Gasteiger partial charge in [0.1, 0.15) is 11.5 Å². The Morgan fingerprint density at radius 1 is 0.941 bits per heavy atom. The van der Waals surface area contributed by atoms with Gasteiger partial charge in [-0.2, -0.15) is 0 Å². The Morgan fingerprint density at radius 3 is 2.38 bits per heavy atom. The quantitative estimate of drug-likeness (QED) is 0.327. The number of ether oxygens (including phenoxy) is 3. The predicted octanol–water partition coefficient (Wildman–Crippen LogP) is 5.82. The molecule has 34 heavy (non-hydrogen) atoms. The number of rotatable bonds is 6. The van der Waals surface area contributed by atoms with Gasteiger partial charge in [-0.3, -0.25) is 15.1 Å². The van der Waals surface area contributed by atoms with Gasteiger partial charge in [-0.1, -0.05) is 17.7 Å². The van der Waals surface area contributed by atoms with Gasteiger partial charge in [-0.05, 0) is 66.8 Å². The molecule has 3 aromatic carbocycles. The number of thiocarbonyl (C=S) groups is 1. The molecule has 4 rings (SSSR count). The number of fused-ring (bicyclic) bond motifs is 1. The summed E-state index contributed by atoms with van der Waals surface area (Å²) < 4.78 is 16.8. The zero-order chi connectivity index (χ0) is 24.1. The van der Waals surface area contributed by atoms with Crippen LogP contribution in [-0.2, 0) is 0 Å². The van der Waals surface area contributed by atoms with E-state index in [0.29, 0.717) is 44.8 Å². The van der Waals surface area contributed by atoms with Crippen LogP contribution in [0.5, 0.6) is 23.0 Å². The highest BCUT2D eigenvalue weighted by Crippen LogP contribution is 2.36. The van der Waals surface area contributed by atoms with Gasteiger partial charge in [0, 0.05) is 33.9 Å². The summed E-state index contributed by atoms with van der Waals surface area (Å²) in [6.07, 6.45) is 1.67. The average molecular weight is 494 g/mol. The van der Waals surface area contributed by atoms with Crippen molar-refractivity contribution in [3.05, 3.63) is 83.5 Å². The molecule has 0 radical (unpaired) electrons. The number of halogens is 1. The van der Waals surface area contributed by atoms with Gasteiger partial charge < -0.3 is 19.5 Å². The first kappa shape index (κ1) is 23.3. The first-order chi connectivity index (χ1) is 16.5. The Labute approximate surface area is 206 Å². The van der Waals surface area contributed by atoms with Gasteiger partial charge in [0.25, 0.3) is 5.91 Å². The molecule has 172 valence electrons. The summed E-state index contributed by atoms with van der Waals surface area (Å²) in [6, 6.07) is 19.2. The number of anilines is 1. The predicted molar refractivity (Wildman–Crippen MR) is 137 cm³/mol. The molecule has 0 unspecified atom stereocenters. The van der Waals surface area contributed by atoms with E-state index in [1.807, 2.05) is 6.07 Å². The molecule has 0 bridgehead atoms. The van der Waals surface area contributed by atoms with Crippen molar-refractivity contribution >= 4 is 51.4 Å². The summed E-state index contributed by atoms with van der Waals surface area (Å²) in [5.41, 5.74) is 1.82. The molecule has 0 aliphatic rings. The second-order valence-corrected chi connectivity index (χ2v) is 7.92. The Kier molecular flexibility index (Phi) is 7.10. The number of nitrogens with zero attached hydrogens (tertiary/aromatic N) is 1. The molecular weight excluding hydrogens is 474 g/mol. The second-order valence-electron chi connectivity index (χ2n) is 7.08. The van der Waals surface area contributed by atoms with Crippen molar-refractivity contribution in [2.75, 3.05) is 19.5 Å². The van der Waals surface area contributed by atoms with E-state index in [1.54, 1.807) is 81.1 Å². The highest BCUT2D eigenvalue weighted by molar-refractivity contribution is 7.80. The van der Waals surface area contributed by atoms with Gasteiger partial charge in [0.2, 0.25) is 0 Å². The molecule has 0 spiro atoms. The summed E-state index contributed by atoms with van der Waals surface area (Å²) in [7, 11) is 3.15. The van der Waals surface area contributed by atoms with Crippen LogP contribution in [0.15, 0.2) is 72.9 Å². The van der Waals surface area contributed by atoms with E-state index in [0.717, 1.165) is 5.39 Å². The molecule has 0 atom stereocenters. The molecule has 9 heteroatoms. The molecule has 0 saturated carbocycles. The summed E-state index contributed by atoms with van der Waals surface area (Å²) in [6.45, 7) is 0. The monoisotopic (exact) mass is 493 g/mol. The van der Waals surface area contributed by atoms with Crippen LogP contribution in [0.25, 0.3) is 10.9 Å². The van der Waals surface area contributed by atoms with Crippen LogP contribution < -0.4 is 24.8 Å². The van der Waals surface area contributed by atoms with Crippen molar-refractivity contribution in [3.63, 3.8) is 0 Å². The van der Waals surface area contributed by atoms with Gasteiger partial charge in [0.05, 0.1) is 19.7 Å². The molecule has 4 aromatic rings. The van der Waals surface area contributed by atoms with Gasteiger partial charge in [-0.25, -0.2) is 0 Å². The fraction of sp³-hybridized carbons (Fsp3) is 0.0800. The Hall–Kier alpha value is -3.88. The van der Waals surface area contributed by atoms with Crippen molar-refractivity contribution in [2.45, 2.75) is 0 Å². The number of carbonyl (C=O) groups excluding carboxylic acids is 1. The lowest BCUT2D eigenvalue weighted by atomic mass is 10.2. The molecular formula is C25H20ClN3O4S. The lowest BCUT2D eigenvalue weighted by Crippen LogP contribution is -2.34. The van der Waals surface area contributed by atoms with Gasteiger partial charge >= 0.3 is 0 Å². The van der Waals surface area contributed by atoms with Crippen LogP contribution in [0.3, 0.4) is 0 Å². The normalized spacial score (nSPS) is 10.4. The first-order valence-electron chi connectivity index (χ1n) is 10.1. The third-order valence-electron chi connectivity index (χ3n) is 4.86. The van der Waals surface area contributed by atoms with Crippen LogP contribution in [0.4, 0.5) is 5.69 Å². The van der Waals surface area contributed by atoms with E-state index in [-0.39, 0.29) is 11.0 Å². The summed E-state index contributed by atoms with van der Waals surface area (Å²) in [4.78, 5) is 16.7. The van der Waals surface area contributed by atoms with Crippen LogP contribution in [0.1, 0.15) is 10.4 Å². The molecule has 0 saturated heterocycles. The van der Waals surface area contributed by atoms with Crippen LogP contribution >= 0.6 is 23.8 Å². The maximum absolute atomic E-state index is 12.3. The molecule has 1 aromatic heterocycles. The Bertz CT molecular complexity index is 1360. The Balaban J connectivity index is 1.44. The fourth-order valence-corrected chi connectivity index (χ4v) is 3.64. The molecule has 7 nitrogen and oxygen atoms in total.